The zero-order chi connectivity index (χ0) is 10.4. The van der Waals surface area contributed by atoms with Gasteiger partial charge in [-0.25, -0.2) is 0 Å². The van der Waals surface area contributed by atoms with Crippen LogP contribution < -0.4 is 56.5 Å². The third kappa shape index (κ3) is 37.3. The zero-order valence-corrected chi connectivity index (χ0v) is 14.9. The van der Waals surface area contributed by atoms with Crippen molar-refractivity contribution in [1.82, 2.24) is 0 Å². The minimum Gasteiger partial charge on any atom is -0.794 e. The van der Waals surface area contributed by atoms with Crippen LogP contribution in [0.2, 0.25) is 0 Å². The minimum atomic E-state index is 0. The van der Waals surface area contributed by atoms with Gasteiger partial charge in [0, 0.05) is 18.6 Å². The molecule has 0 aliphatic heterocycles. The van der Waals surface area contributed by atoms with Crippen molar-refractivity contribution >= 4 is 6.47 Å². The van der Waals surface area contributed by atoms with Crippen molar-refractivity contribution in [2.45, 2.75) is 41.5 Å². The van der Waals surface area contributed by atoms with Crippen molar-refractivity contribution in [2.24, 2.45) is 10.8 Å². The van der Waals surface area contributed by atoms with Gasteiger partial charge in [0.05, 0.1) is 0 Å². The summed E-state index contributed by atoms with van der Waals surface area (Å²) in [5, 5.41) is 8.12. The fourth-order valence-electron chi connectivity index (χ4n) is 1.30. The van der Waals surface area contributed by atoms with Crippen LogP contribution in [0.15, 0.2) is 0 Å². The van der Waals surface area contributed by atoms with Crippen LogP contribution in [-0.2, 0) is 23.4 Å². The second-order valence-corrected chi connectivity index (χ2v) is 4.96. The van der Waals surface area contributed by atoms with Crippen LogP contribution in [0.3, 0.4) is 0 Å². The molecule has 0 bridgehead atoms. The predicted molar refractivity (Wildman–Crippen MR) is 48.9 cm³/mol. The SMILES string of the molecule is CC(C)(C)[CH-]C(C)(C)C.O=[C-][O-].[K+].[V]. The molecular formula is C10H19KO2V-2. The summed E-state index contributed by atoms with van der Waals surface area (Å²) in [5.74, 6) is 0. The molecule has 0 aromatic carbocycles. The Morgan fingerprint density at radius 2 is 1.14 bits per heavy atom. The topological polar surface area (TPSA) is 40.1 Å². The van der Waals surface area contributed by atoms with E-state index < -0.39 is 0 Å². The molecule has 0 atom stereocenters. The maximum absolute atomic E-state index is 8.12. The van der Waals surface area contributed by atoms with Gasteiger partial charge in [-0.2, -0.15) is 10.8 Å². The Hall–Kier alpha value is 1.69. The molecule has 0 saturated heterocycles. The van der Waals surface area contributed by atoms with Gasteiger partial charge in [-0.3, -0.25) is 0 Å². The Morgan fingerprint density at radius 3 is 1.14 bits per heavy atom. The van der Waals surface area contributed by atoms with Crippen LogP contribution in [0.1, 0.15) is 41.5 Å². The molecular weight excluding hydrogens is 242 g/mol. The van der Waals surface area contributed by atoms with E-state index in [-0.39, 0.29) is 76.4 Å². The molecule has 0 spiro atoms. The minimum absolute atomic E-state index is 0. The molecule has 0 rings (SSSR count). The summed E-state index contributed by atoms with van der Waals surface area (Å²) in [6.07, 6.45) is 2.38. The van der Waals surface area contributed by atoms with Crippen molar-refractivity contribution in [3.8, 4) is 0 Å². The van der Waals surface area contributed by atoms with Gasteiger partial charge in [0.15, 0.2) is 0 Å². The van der Waals surface area contributed by atoms with Gasteiger partial charge >= 0.3 is 51.4 Å². The van der Waals surface area contributed by atoms with Gasteiger partial charge < -0.3 is 22.8 Å². The number of hydrogen-bond acceptors (Lipinski definition) is 2. The first-order valence-corrected chi connectivity index (χ1v) is 3.99. The maximum atomic E-state index is 8.12. The normalized spacial score (nSPS) is 9.86. The standard InChI is InChI=1S/C9H19.CO2.K.V/c1-8(2,3)7-9(4,5)6;2-1-3;;/h7H,1-6H3;;;/q-1;-2;+1;. The van der Waals surface area contributed by atoms with Crippen molar-refractivity contribution < 1.29 is 79.8 Å². The van der Waals surface area contributed by atoms with Crippen LogP contribution in [0.5, 0.6) is 0 Å². The van der Waals surface area contributed by atoms with E-state index in [1.54, 1.807) is 0 Å². The summed E-state index contributed by atoms with van der Waals surface area (Å²) in [6.45, 7) is 13.7. The van der Waals surface area contributed by atoms with E-state index in [0.29, 0.717) is 10.8 Å². The molecule has 0 saturated carbocycles. The average molecular weight is 261 g/mol. The van der Waals surface area contributed by atoms with Gasteiger partial charge in [-0.15, -0.1) is 0 Å². The molecule has 0 fully saturated rings. The van der Waals surface area contributed by atoms with Gasteiger partial charge in [-0.05, 0) is 0 Å². The van der Waals surface area contributed by atoms with Crippen molar-refractivity contribution in [2.75, 3.05) is 0 Å². The largest absolute Gasteiger partial charge is 1.00 e. The second-order valence-electron chi connectivity index (χ2n) is 4.96. The molecule has 0 aliphatic rings. The van der Waals surface area contributed by atoms with Gasteiger partial charge in [0.1, 0.15) is 0 Å². The molecule has 1 radical (unpaired) electrons. The zero-order valence-electron chi connectivity index (χ0n) is 10.3. The van der Waals surface area contributed by atoms with E-state index in [4.69, 9.17) is 9.90 Å². The number of rotatable bonds is 0. The molecule has 0 heterocycles. The smallest absolute Gasteiger partial charge is 0.794 e. The van der Waals surface area contributed by atoms with Crippen LogP contribution >= 0.6 is 0 Å². The van der Waals surface area contributed by atoms with Gasteiger partial charge in [-0.1, -0.05) is 41.5 Å². The first-order valence-electron chi connectivity index (χ1n) is 3.99. The quantitative estimate of drug-likeness (QED) is 0.396. The summed E-state index contributed by atoms with van der Waals surface area (Å²) in [6, 6.07) is 0. The summed E-state index contributed by atoms with van der Waals surface area (Å²) < 4.78 is 0. The molecule has 14 heavy (non-hydrogen) atoms. The van der Waals surface area contributed by atoms with Crippen LogP contribution in [0.4, 0.5) is 0 Å². The average Bonchev–Trinajstić information content (AvgIpc) is 1.53. The van der Waals surface area contributed by atoms with E-state index in [1.807, 2.05) is 0 Å². The molecule has 0 aromatic heterocycles. The molecule has 0 aliphatic carbocycles. The Kier molecular flexibility index (Phi) is 19.8. The number of hydrogen-bond donors (Lipinski definition) is 0. The van der Waals surface area contributed by atoms with Crippen LogP contribution in [0, 0.1) is 17.3 Å². The third-order valence-electron chi connectivity index (χ3n) is 0.866. The molecule has 2 nitrogen and oxygen atoms in total. The Morgan fingerprint density at radius 1 is 1.00 bits per heavy atom. The van der Waals surface area contributed by atoms with Crippen LogP contribution in [-0.4, -0.2) is 6.47 Å². The molecule has 4 heteroatoms. The predicted octanol–water partition coefficient (Wildman–Crippen LogP) is -1.44. The van der Waals surface area contributed by atoms with Gasteiger partial charge in [0.2, 0.25) is 0 Å². The van der Waals surface area contributed by atoms with Crippen molar-refractivity contribution in [3.63, 3.8) is 0 Å². The number of carbonyl (C=O) groups excluding carboxylic acids is 1. The van der Waals surface area contributed by atoms with E-state index in [0.717, 1.165) is 0 Å². The molecule has 0 N–H and O–H groups in total. The van der Waals surface area contributed by atoms with E-state index in [9.17, 15) is 0 Å². The maximum Gasteiger partial charge on any atom is 1.00 e. The fraction of sp³-hybridized carbons (Fsp3) is 0.800. The van der Waals surface area contributed by atoms with E-state index >= 15 is 0 Å². The first-order chi connectivity index (χ1) is 5.12. The van der Waals surface area contributed by atoms with Crippen molar-refractivity contribution in [1.29, 1.82) is 0 Å². The fourth-order valence-corrected chi connectivity index (χ4v) is 1.30. The second kappa shape index (κ2) is 11.2. The summed E-state index contributed by atoms with van der Waals surface area (Å²) >= 11 is 0. The first kappa shape index (κ1) is 24.8. The summed E-state index contributed by atoms with van der Waals surface area (Å²) in [4.78, 5) is 8.12. The molecule has 79 valence electrons. The molecule has 0 unspecified atom stereocenters. The summed E-state index contributed by atoms with van der Waals surface area (Å²) in [5.41, 5.74) is 0.719. The third-order valence-corrected chi connectivity index (χ3v) is 0.866. The van der Waals surface area contributed by atoms with Crippen molar-refractivity contribution in [3.05, 3.63) is 6.42 Å². The molecule has 0 amide bonds. The molecule has 0 aromatic rings. The summed E-state index contributed by atoms with van der Waals surface area (Å²) in [7, 11) is 0. The van der Waals surface area contributed by atoms with Gasteiger partial charge in [0.25, 0.3) is 0 Å². The Balaban J connectivity index is -0.0000000891. The Labute approximate surface area is 143 Å². The van der Waals surface area contributed by atoms with Crippen LogP contribution in [0.25, 0.3) is 0 Å². The van der Waals surface area contributed by atoms with E-state index in [2.05, 4.69) is 48.0 Å². The Bertz CT molecular complexity index is 113. The van der Waals surface area contributed by atoms with E-state index in [1.165, 1.54) is 0 Å². The monoisotopic (exact) mass is 261 g/mol.